The third-order valence-corrected chi connectivity index (χ3v) is 6.96. The maximum Gasteiger partial charge on any atom is 0.208 e. The Hall–Kier alpha value is -2.73. The van der Waals surface area contributed by atoms with Gasteiger partial charge in [-0.25, -0.2) is 27.5 Å². The molecule has 3 aromatic rings. The topological polar surface area (TPSA) is 106 Å². The van der Waals surface area contributed by atoms with E-state index in [1.165, 1.54) is 24.7 Å². The van der Waals surface area contributed by atoms with E-state index in [-0.39, 0.29) is 11.1 Å². The number of sulfonamides is 1. The highest BCUT2D eigenvalue weighted by atomic mass is 35.5. The highest BCUT2D eigenvalue weighted by Gasteiger charge is 2.22. The quantitative estimate of drug-likeness (QED) is 0.374. The van der Waals surface area contributed by atoms with Crippen LogP contribution in [0.2, 0.25) is 5.02 Å². The van der Waals surface area contributed by atoms with Crippen LogP contribution in [-0.4, -0.2) is 68.9 Å². The van der Waals surface area contributed by atoms with Crippen LogP contribution in [0.15, 0.2) is 36.7 Å². The number of aromatic nitrogens is 2. The lowest BCUT2D eigenvalue weighted by Crippen LogP contribution is -2.39. The van der Waals surface area contributed by atoms with Gasteiger partial charge in [0, 0.05) is 36.8 Å². The van der Waals surface area contributed by atoms with Gasteiger partial charge in [-0.3, -0.25) is 0 Å². The molecule has 0 atom stereocenters. The summed E-state index contributed by atoms with van der Waals surface area (Å²) in [5.74, 6) is 1.21. The van der Waals surface area contributed by atoms with E-state index in [1.54, 1.807) is 19.2 Å². The molecule has 0 amide bonds. The van der Waals surface area contributed by atoms with E-state index in [0.717, 1.165) is 44.3 Å². The second-order valence-corrected chi connectivity index (χ2v) is 10.9. The molecule has 0 saturated carbocycles. The molecule has 0 bridgehead atoms. The molecular formula is C24H29ClFN5O4S. The largest absolute Gasteiger partial charge is 0.493 e. The van der Waals surface area contributed by atoms with E-state index < -0.39 is 15.8 Å². The average Bonchev–Trinajstić information content (AvgIpc) is 2.84. The summed E-state index contributed by atoms with van der Waals surface area (Å²) < 4.78 is 50.4. The highest BCUT2D eigenvalue weighted by molar-refractivity contribution is 7.88. The van der Waals surface area contributed by atoms with Gasteiger partial charge in [-0.05, 0) is 50.1 Å². The summed E-state index contributed by atoms with van der Waals surface area (Å²) >= 11 is 5.92. The zero-order valence-corrected chi connectivity index (χ0v) is 21.7. The predicted molar refractivity (Wildman–Crippen MR) is 138 cm³/mol. The SMILES string of the molecule is COc1cc2ncnc(Nc3ccc(F)c(Cl)c3)c2cc1OC1CCN(CCCNS(C)(=O)=O)CC1. The van der Waals surface area contributed by atoms with Gasteiger partial charge >= 0.3 is 0 Å². The molecule has 36 heavy (non-hydrogen) atoms. The van der Waals surface area contributed by atoms with Crippen molar-refractivity contribution in [1.82, 2.24) is 19.6 Å². The van der Waals surface area contributed by atoms with Crippen LogP contribution in [0, 0.1) is 5.82 Å². The Labute approximate surface area is 215 Å². The van der Waals surface area contributed by atoms with Crippen molar-refractivity contribution in [2.75, 3.05) is 44.9 Å². The number of hydrogen-bond acceptors (Lipinski definition) is 8. The summed E-state index contributed by atoms with van der Waals surface area (Å²) in [6.07, 6.45) is 5.05. The Bertz CT molecular complexity index is 1320. The number of nitrogens with one attached hydrogen (secondary N) is 2. The summed E-state index contributed by atoms with van der Waals surface area (Å²) in [7, 11) is -1.57. The molecule has 1 saturated heterocycles. The standard InChI is InChI=1S/C24H29ClFN5O4S/c1-34-22-14-21-18(24(28-15-27-21)30-16-4-5-20(26)19(25)12-16)13-23(22)35-17-6-10-31(11-7-17)9-3-8-29-36(2,32)33/h4-5,12-15,17,29H,3,6-11H2,1-2H3,(H,27,28,30). The first-order valence-electron chi connectivity index (χ1n) is 11.6. The molecule has 1 aliphatic heterocycles. The third-order valence-electron chi connectivity index (χ3n) is 5.95. The number of benzene rings is 2. The zero-order chi connectivity index (χ0) is 25.7. The Morgan fingerprint density at radius 3 is 2.64 bits per heavy atom. The molecule has 2 aromatic carbocycles. The summed E-state index contributed by atoms with van der Waals surface area (Å²) in [6, 6.07) is 8.03. The van der Waals surface area contributed by atoms with Gasteiger partial charge in [0.15, 0.2) is 11.5 Å². The fourth-order valence-corrected chi connectivity index (χ4v) is 4.81. The van der Waals surface area contributed by atoms with Crippen LogP contribution in [0.25, 0.3) is 10.9 Å². The number of rotatable bonds is 10. The summed E-state index contributed by atoms with van der Waals surface area (Å²) in [5.41, 5.74) is 1.27. The lowest BCUT2D eigenvalue weighted by molar-refractivity contribution is 0.0977. The lowest BCUT2D eigenvalue weighted by Gasteiger charge is -2.32. The minimum absolute atomic E-state index is 0.0127. The molecule has 0 unspecified atom stereocenters. The summed E-state index contributed by atoms with van der Waals surface area (Å²) in [5, 5.41) is 3.92. The van der Waals surface area contributed by atoms with Gasteiger partial charge in [-0.15, -0.1) is 0 Å². The van der Waals surface area contributed by atoms with Crippen LogP contribution in [0.1, 0.15) is 19.3 Å². The number of halogens is 2. The lowest BCUT2D eigenvalue weighted by atomic mass is 10.1. The van der Waals surface area contributed by atoms with Crippen LogP contribution in [0.4, 0.5) is 15.9 Å². The molecule has 1 aliphatic rings. The van der Waals surface area contributed by atoms with Gasteiger partial charge in [-0.2, -0.15) is 0 Å². The van der Waals surface area contributed by atoms with Gasteiger partial charge in [0.1, 0.15) is 24.1 Å². The van der Waals surface area contributed by atoms with Gasteiger partial charge in [0.2, 0.25) is 10.0 Å². The minimum Gasteiger partial charge on any atom is -0.493 e. The maximum atomic E-state index is 13.6. The first-order valence-corrected chi connectivity index (χ1v) is 13.9. The third kappa shape index (κ3) is 6.94. The smallest absolute Gasteiger partial charge is 0.208 e. The van der Waals surface area contributed by atoms with Crippen molar-refractivity contribution >= 4 is 44.0 Å². The van der Waals surface area contributed by atoms with Gasteiger partial charge in [-0.1, -0.05) is 11.6 Å². The van der Waals surface area contributed by atoms with Crippen molar-refractivity contribution in [2.24, 2.45) is 0 Å². The van der Waals surface area contributed by atoms with E-state index in [4.69, 9.17) is 21.1 Å². The first kappa shape index (κ1) is 26.3. The maximum absolute atomic E-state index is 13.6. The first-order chi connectivity index (χ1) is 17.2. The Morgan fingerprint density at radius 1 is 1.17 bits per heavy atom. The van der Waals surface area contributed by atoms with Crippen LogP contribution in [0.5, 0.6) is 11.5 Å². The fraction of sp³-hybridized carbons (Fsp3) is 0.417. The molecule has 0 radical (unpaired) electrons. The molecule has 2 N–H and O–H groups in total. The number of nitrogens with zero attached hydrogens (tertiary/aromatic N) is 3. The summed E-state index contributed by atoms with van der Waals surface area (Å²) in [4.78, 5) is 11.0. The molecule has 4 rings (SSSR count). The second kappa shape index (κ2) is 11.5. The number of hydrogen-bond donors (Lipinski definition) is 2. The highest BCUT2D eigenvalue weighted by Crippen LogP contribution is 2.36. The number of ether oxygens (including phenoxy) is 2. The van der Waals surface area contributed by atoms with E-state index in [1.807, 2.05) is 6.07 Å². The van der Waals surface area contributed by atoms with Crippen molar-refractivity contribution in [2.45, 2.75) is 25.4 Å². The molecule has 9 nitrogen and oxygen atoms in total. The van der Waals surface area contributed by atoms with Crippen molar-refractivity contribution in [3.05, 3.63) is 47.5 Å². The normalized spacial score (nSPS) is 15.2. The molecule has 12 heteroatoms. The van der Waals surface area contributed by atoms with Crippen LogP contribution < -0.4 is 19.5 Å². The van der Waals surface area contributed by atoms with Crippen molar-refractivity contribution in [3.63, 3.8) is 0 Å². The van der Waals surface area contributed by atoms with Gasteiger partial charge < -0.3 is 19.7 Å². The Morgan fingerprint density at radius 2 is 1.94 bits per heavy atom. The van der Waals surface area contributed by atoms with Crippen LogP contribution >= 0.6 is 11.6 Å². The molecule has 1 aromatic heterocycles. The van der Waals surface area contributed by atoms with E-state index in [2.05, 4.69) is 24.9 Å². The van der Waals surface area contributed by atoms with Crippen molar-refractivity contribution in [3.8, 4) is 11.5 Å². The molecule has 0 aliphatic carbocycles. The monoisotopic (exact) mass is 537 g/mol. The van der Waals surface area contributed by atoms with Gasteiger partial charge in [0.05, 0.1) is 23.9 Å². The Balaban J connectivity index is 1.43. The van der Waals surface area contributed by atoms with E-state index in [0.29, 0.717) is 35.1 Å². The number of fused-ring (bicyclic) bond motifs is 1. The number of methoxy groups -OCH3 is 1. The number of anilines is 2. The van der Waals surface area contributed by atoms with Crippen molar-refractivity contribution in [1.29, 1.82) is 0 Å². The minimum atomic E-state index is -3.15. The zero-order valence-electron chi connectivity index (χ0n) is 20.1. The molecule has 2 heterocycles. The molecular weight excluding hydrogens is 509 g/mol. The number of piperidine rings is 1. The van der Waals surface area contributed by atoms with Crippen LogP contribution in [-0.2, 0) is 10.0 Å². The molecule has 1 fully saturated rings. The fourth-order valence-electron chi connectivity index (χ4n) is 4.12. The van der Waals surface area contributed by atoms with Crippen molar-refractivity contribution < 1.29 is 22.3 Å². The average molecular weight is 538 g/mol. The predicted octanol–water partition coefficient (Wildman–Crippen LogP) is 3.96. The van der Waals surface area contributed by atoms with E-state index >= 15 is 0 Å². The molecule has 194 valence electrons. The van der Waals surface area contributed by atoms with E-state index in [9.17, 15) is 12.8 Å². The Kier molecular flexibility index (Phi) is 8.45. The molecule has 0 spiro atoms. The number of likely N-dealkylation sites (tertiary alicyclic amines) is 1. The van der Waals surface area contributed by atoms with Gasteiger partial charge in [0.25, 0.3) is 0 Å². The van der Waals surface area contributed by atoms with Crippen LogP contribution in [0.3, 0.4) is 0 Å². The second-order valence-electron chi connectivity index (χ2n) is 8.68. The summed E-state index contributed by atoms with van der Waals surface area (Å²) in [6.45, 7) is 2.99.